The van der Waals surface area contributed by atoms with Crippen molar-refractivity contribution in [1.82, 2.24) is 14.8 Å². The molecule has 2 heterocycles. The molecule has 0 spiro atoms. The topological polar surface area (TPSA) is 107 Å². The molecule has 7 nitrogen and oxygen atoms in total. The van der Waals surface area contributed by atoms with Crippen molar-refractivity contribution >= 4 is 11.8 Å². The minimum Gasteiger partial charge on any atom is -0.461 e. The Morgan fingerprint density at radius 3 is 2.95 bits per heavy atom. The number of hydrogen-bond donors (Lipinski definition) is 1. The molecular formula is C12H11N5O2. The number of nitrogens with two attached hydrogens (primary N) is 1. The van der Waals surface area contributed by atoms with E-state index in [1.54, 1.807) is 31.3 Å². The maximum absolute atomic E-state index is 11.7. The molecule has 0 aliphatic rings. The summed E-state index contributed by atoms with van der Waals surface area (Å²) in [5.74, 6) is -0.197. The predicted octanol–water partition coefficient (Wildman–Crippen LogP) is 0.898. The van der Waals surface area contributed by atoms with Crippen molar-refractivity contribution in [3.63, 3.8) is 0 Å². The Morgan fingerprint density at radius 2 is 2.37 bits per heavy atom. The molecule has 2 rings (SSSR count). The van der Waals surface area contributed by atoms with Crippen molar-refractivity contribution in [2.75, 3.05) is 12.3 Å². The third-order valence-electron chi connectivity index (χ3n) is 2.37. The fourth-order valence-electron chi connectivity index (χ4n) is 1.54. The Hall–Kier alpha value is -2.88. The minimum absolute atomic E-state index is 0.0101. The Morgan fingerprint density at radius 1 is 1.58 bits per heavy atom. The fourth-order valence-corrected chi connectivity index (χ4v) is 1.54. The van der Waals surface area contributed by atoms with Crippen LogP contribution in [0.5, 0.6) is 0 Å². The Bertz CT molecular complexity index is 642. The molecule has 0 saturated heterocycles. The third kappa shape index (κ3) is 2.24. The first-order valence-corrected chi connectivity index (χ1v) is 5.56. The number of nitriles is 1. The fraction of sp³-hybridized carbons (Fsp3) is 0.167. The van der Waals surface area contributed by atoms with Crippen LogP contribution in [-0.2, 0) is 4.74 Å². The van der Waals surface area contributed by atoms with E-state index in [2.05, 4.69) is 10.1 Å². The van der Waals surface area contributed by atoms with Gasteiger partial charge in [0.25, 0.3) is 0 Å². The lowest BCUT2D eigenvalue weighted by Crippen LogP contribution is -2.08. The summed E-state index contributed by atoms with van der Waals surface area (Å²) in [5, 5.41) is 13.1. The lowest BCUT2D eigenvalue weighted by Gasteiger charge is -2.01. The molecule has 2 aromatic heterocycles. The molecule has 2 aromatic rings. The van der Waals surface area contributed by atoms with E-state index < -0.39 is 5.97 Å². The molecule has 0 aliphatic heterocycles. The van der Waals surface area contributed by atoms with Gasteiger partial charge in [-0.25, -0.2) is 9.78 Å². The van der Waals surface area contributed by atoms with Gasteiger partial charge in [-0.2, -0.15) is 15.0 Å². The van der Waals surface area contributed by atoms with E-state index in [1.807, 2.05) is 6.07 Å². The van der Waals surface area contributed by atoms with Crippen LogP contribution in [0, 0.1) is 11.3 Å². The summed E-state index contributed by atoms with van der Waals surface area (Å²) >= 11 is 0. The van der Waals surface area contributed by atoms with E-state index >= 15 is 0 Å². The standard InChI is InChI=1S/C12H11N5O2/c1-2-19-12(18)10-8(7-13)11(14)17(16-10)9-5-3-4-6-15-9/h3-6H,2,14H2,1H3. The summed E-state index contributed by atoms with van der Waals surface area (Å²) in [6.45, 7) is 1.86. The number of rotatable bonds is 3. The van der Waals surface area contributed by atoms with E-state index in [0.717, 1.165) is 0 Å². The summed E-state index contributed by atoms with van der Waals surface area (Å²) in [4.78, 5) is 15.8. The zero-order valence-corrected chi connectivity index (χ0v) is 10.2. The van der Waals surface area contributed by atoms with Crippen LogP contribution < -0.4 is 5.73 Å². The number of hydrogen-bond acceptors (Lipinski definition) is 6. The van der Waals surface area contributed by atoms with Crippen LogP contribution in [-0.4, -0.2) is 27.3 Å². The van der Waals surface area contributed by atoms with Crippen LogP contribution in [0.3, 0.4) is 0 Å². The number of aromatic nitrogens is 3. The summed E-state index contributed by atoms with van der Waals surface area (Å²) in [6, 6.07) is 7.01. The monoisotopic (exact) mass is 257 g/mol. The molecule has 7 heteroatoms. The summed E-state index contributed by atoms with van der Waals surface area (Å²) < 4.78 is 6.07. The van der Waals surface area contributed by atoms with Gasteiger partial charge < -0.3 is 10.5 Å². The number of esters is 1. The number of nitrogens with zero attached hydrogens (tertiary/aromatic N) is 4. The second-order valence-corrected chi connectivity index (χ2v) is 3.54. The smallest absolute Gasteiger partial charge is 0.360 e. The number of ether oxygens (including phenoxy) is 1. The second kappa shape index (κ2) is 5.18. The van der Waals surface area contributed by atoms with E-state index in [9.17, 15) is 4.79 Å². The van der Waals surface area contributed by atoms with Crippen molar-refractivity contribution < 1.29 is 9.53 Å². The van der Waals surface area contributed by atoms with Crippen molar-refractivity contribution in [3.8, 4) is 11.9 Å². The van der Waals surface area contributed by atoms with Gasteiger partial charge in [-0.15, -0.1) is 0 Å². The summed E-state index contributed by atoms with van der Waals surface area (Å²) in [6.07, 6.45) is 1.56. The average Bonchev–Trinajstić information content (AvgIpc) is 2.77. The maximum atomic E-state index is 11.7. The van der Waals surface area contributed by atoms with Crippen LogP contribution in [0.15, 0.2) is 24.4 Å². The Labute approximate surface area is 109 Å². The van der Waals surface area contributed by atoms with E-state index in [0.29, 0.717) is 5.82 Å². The van der Waals surface area contributed by atoms with Crippen LogP contribution in [0.2, 0.25) is 0 Å². The van der Waals surface area contributed by atoms with Gasteiger partial charge in [-0.1, -0.05) is 6.07 Å². The molecule has 96 valence electrons. The normalized spacial score (nSPS) is 9.89. The van der Waals surface area contributed by atoms with Crippen molar-refractivity contribution in [2.24, 2.45) is 0 Å². The van der Waals surface area contributed by atoms with Gasteiger partial charge in [0.2, 0.25) is 0 Å². The lowest BCUT2D eigenvalue weighted by molar-refractivity contribution is 0.0518. The highest BCUT2D eigenvalue weighted by Crippen LogP contribution is 2.19. The molecule has 0 radical (unpaired) electrons. The quantitative estimate of drug-likeness (QED) is 0.818. The van der Waals surface area contributed by atoms with Gasteiger partial charge in [0.15, 0.2) is 11.5 Å². The summed E-state index contributed by atoms with van der Waals surface area (Å²) in [5.41, 5.74) is 5.70. The first-order chi connectivity index (χ1) is 9.19. The van der Waals surface area contributed by atoms with Gasteiger partial charge in [0.1, 0.15) is 17.5 Å². The van der Waals surface area contributed by atoms with E-state index in [1.165, 1.54) is 4.68 Å². The van der Waals surface area contributed by atoms with Crippen LogP contribution in [0.1, 0.15) is 23.0 Å². The molecule has 0 aliphatic carbocycles. The highest BCUT2D eigenvalue weighted by molar-refractivity contribution is 5.92. The van der Waals surface area contributed by atoms with Gasteiger partial charge in [-0.3, -0.25) is 0 Å². The first-order valence-electron chi connectivity index (χ1n) is 5.56. The molecule has 0 unspecified atom stereocenters. The first kappa shape index (κ1) is 12.6. The number of carbonyl (C=O) groups excluding carboxylic acids is 1. The zero-order chi connectivity index (χ0) is 13.8. The largest absolute Gasteiger partial charge is 0.461 e. The highest BCUT2D eigenvalue weighted by atomic mass is 16.5. The van der Waals surface area contributed by atoms with E-state index in [4.69, 9.17) is 15.7 Å². The Balaban J connectivity index is 2.55. The maximum Gasteiger partial charge on any atom is 0.360 e. The van der Waals surface area contributed by atoms with Crippen molar-refractivity contribution in [3.05, 3.63) is 35.7 Å². The molecule has 0 amide bonds. The number of nitrogen functional groups attached to an aromatic ring is 1. The number of pyridine rings is 1. The average molecular weight is 257 g/mol. The molecule has 0 aromatic carbocycles. The predicted molar refractivity (Wildman–Crippen MR) is 66.4 cm³/mol. The summed E-state index contributed by atoms with van der Waals surface area (Å²) in [7, 11) is 0. The molecule has 0 atom stereocenters. The zero-order valence-electron chi connectivity index (χ0n) is 10.2. The van der Waals surface area contributed by atoms with Crippen LogP contribution >= 0.6 is 0 Å². The molecule has 2 N–H and O–H groups in total. The van der Waals surface area contributed by atoms with Gasteiger partial charge >= 0.3 is 5.97 Å². The molecule has 0 saturated carbocycles. The van der Waals surface area contributed by atoms with Gasteiger partial charge in [0, 0.05) is 6.20 Å². The second-order valence-electron chi connectivity index (χ2n) is 3.54. The third-order valence-corrected chi connectivity index (χ3v) is 2.37. The van der Waals surface area contributed by atoms with Crippen LogP contribution in [0.4, 0.5) is 5.82 Å². The minimum atomic E-state index is -0.680. The van der Waals surface area contributed by atoms with Crippen molar-refractivity contribution in [2.45, 2.75) is 6.92 Å². The molecular weight excluding hydrogens is 246 g/mol. The lowest BCUT2D eigenvalue weighted by atomic mass is 10.2. The SMILES string of the molecule is CCOC(=O)c1nn(-c2ccccn2)c(N)c1C#N. The van der Waals surface area contributed by atoms with Gasteiger partial charge in [-0.05, 0) is 19.1 Å². The number of anilines is 1. The van der Waals surface area contributed by atoms with Gasteiger partial charge in [0.05, 0.1) is 6.61 Å². The van der Waals surface area contributed by atoms with E-state index in [-0.39, 0.29) is 23.7 Å². The molecule has 0 fully saturated rings. The number of carbonyl (C=O) groups is 1. The molecule has 0 bridgehead atoms. The molecule has 19 heavy (non-hydrogen) atoms. The van der Waals surface area contributed by atoms with Crippen molar-refractivity contribution in [1.29, 1.82) is 5.26 Å². The Kier molecular flexibility index (Phi) is 3.43. The highest BCUT2D eigenvalue weighted by Gasteiger charge is 2.23. The van der Waals surface area contributed by atoms with Crippen LogP contribution in [0.25, 0.3) is 5.82 Å².